The van der Waals surface area contributed by atoms with Crippen molar-refractivity contribution in [2.24, 2.45) is 0 Å². The lowest BCUT2D eigenvalue weighted by molar-refractivity contribution is -0.123. The van der Waals surface area contributed by atoms with Crippen molar-refractivity contribution in [3.05, 3.63) is 18.5 Å². The van der Waals surface area contributed by atoms with Gasteiger partial charge in [-0.15, -0.1) is 0 Å². The highest BCUT2D eigenvalue weighted by atomic mass is 16.2. The van der Waals surface area contributed by atoms with Crippen LogP contribution in [0.25, 0.3) is 0 Å². The van der Waals surface area contributed by atoms with Crippen molar-refractivity contribution in [1.82, 2.24) is 25.3 Å². The fourth-order valence-electron chi connectivity index (χ4n) is 2.13. The highest BCUT2D eigenvalue weighted by Crippen LogP contribution is 1.94. The monoisotopic (exact) mass is 251 g/mol. The highest BCUT2D eigenvalue weighted by molar-refractivity contribution is 5.78. The number of hydrogen-bond donors (Lipinski definition) is 2. The summed E-state index contributed by atoms with van der Waals surface area (Å²) in [5.41, 5.74) is 0. The van der Waals surface area contributed by atoms with Crippen LogP contribution in [-0.2, 0) is 11.3 Å². The van der Waals surface area contributed by atoms with Gasteiger partial charge >= 0.3 is 0 Å². The van der Waals surface area contributed by atoms with Crippen LogP contribution in [0.15, 0.2) is 18.5 Å². The number of piperazine rings is 1. The Morgan fingerprint density at radius 1 is 1.50 bits per heavy atom. The Morgan fingerprint density at radius 2 is 2.28 bits per heavy atom. The lowest BCUT2D eigenvalue weighted by atomic mass is 10.3. The van der Waals surface area contributed by atoms with Crippen LogP contribution in [0.5, 0.6) is 0 Å². The number of hydrogen-bond acceptors (Lipinski definition) is 4. The van der Waals surface area contributed by atoms with E-state index in [9.17, 15) is 4.79 Å². The molecule has 1 unspecified atom stereocenters. The van der Waals surface area contributed by atoms with Crippen molar-refractivity contribution in [3.63, 3.8) is 0 Å². The van der Waals surface area contributed by atoms with Gasteiger partial charge < -0.3 is 10.6 Å². The maximum Gasteiger partial charge on any atom is 0.234 e. The van der Waals surface area contributed by atoms with Gasteiger partial charge in [-0.3, -0.25) is 14.4 Å². The zero-order valence-electron chi connectivity index (χ0n) is 10.8. The molecular weight excluding hydrogens is 230 g/mol. The Morgan fingerprint density at radius 3 is 2.94 bits per heavy atom. The SMILES string of the molecule is CC(Cn1cccn1)NC(=O)CN1CCNCC1. The number of rotatable bonds is 5. The van der Waals surface area contributed by atoms with E-state index in [-0.39, 0.29) is 11.9 Å². The van der Waals surface area contributed by atoms with Crippen LogP contribution in [-0.4, -0.2) is 59.4 Å². The smallest absolute Gasteiger partial charge is 0.234 e. The molecule has 6 nitrogen and oxygen atoms in total. The molecule has 1 aromatic heterocycles. The molecule has 2 N–H and O–H groups in total. The molecule has 0 spiro atoms. The topological polar surface area (TPSA) is 62.2 Å². The molecule has 2 heterocycles. The number of amides is 1. The predicted octanol–water partition coefficient (Wildman–Crippen LogP) is -0.707. The Balaban J connectivity index is 1.69. The molecule has 0 aliphatic carbocycles. The van der Waals surface area contributed by atoms with Gasteiger partial charge in [0, 0.05) is 44.6 Å². The second-order valence-electron chi connectivity index (χ2n) is 4.72. The molecule has 1 aromatic rings. The second kappa shape index (κ2) is 6.51. The predicted molar refractivity (Wildman–Crippen MR) is 69.1 cm³/mol. The van der Waals surface area contributed by atoms with Crippen molar-refractivity contribution in [1.29, 1.82) is 0 Å². The average molecular weight is 251 g/mol. The molecule has 0 aromatic carbocycles. The molecule has 18 heavy (non-hydrogen) atoms. The van der Waals surface area contributed by atoms with Crippen LogP contribution in [0.4, 0.5) is 0 Å². The van der Waals surface area contributed by atoms with E-state index in [0.29, 0.717) is 13.1 Å². The molecule has 2 rings (SSSR count). The van der Waals surface area contributed by atoms with Crippen molar-refractivity contribution in [2.45, 2.75) is 19.5 Å². The summed E-state index contributed by atoms with van der Waals surface area (Å²) in [7, 11) is 0. The summed E-state index contributed by atoms with van der Waals surface area (Å²) in [6, 6.07) is 1.98. The Bertz CT molecular complexity index is 359. The second-order valence-corrected chi connectivity index (χ2v) is 4.72. The summed E-state index contributed by atoms with van der Waals surface area (Å²) in [6.07, 6.45) is 3.65. The quantitative estimate of drug-likeness (QED) is 0.726. The average Bonchev–Trinajstić information content (AvgIpc) is 2.82. The lowest BCUT2D eigenvalue weighted by Gasteiger charge is -2.27. The number of aromatic nitrogens is 2. The normalized spacial score (nSPS) is 18.5. The summed E-state index contributed by atoms with van der Waals surface area (Å²) < 4.78 is 1.83. The minimum atomic E-state index is 0.0940. The molecule has 1 amide bonds. The van der Waals surface area contributed by atoms with Crippen LogP contribution in [0.3, 0.4) is 0 Å². The van der Waals surface area contributed by atoms with Crippen LogP contribution in [0.1, 0.15) is 6.92 Å². The third-order valence-electron chi connectivity index (χ3n) is 3.00. The zero-order chi connectivity index (χ0) is 12.8. The Hall–Kier alpha value is -1.40. The first-order valence-electron chi connectivity index (χ1n) is 6.44. The molecular formula is C12H21N5O. The van der Waals surface area contributed by atoms with Crippen molar-refractivity contribution in [3.8, 4) is 0 Å². The molecule has 0 saturated carbocycles. The molecule has 1 atom stereocenters. The van der Waals surface area contributed by atoms with E-state index in [1.807, 2.05) is 23.9 Å². The van der Waals surface area contributed by atoms with Gasteiger partial charge in [0.25, 0.3) is 0 Å². The lowest BCUT2D eigenvalue weighted by Crippen LogP contribution is -2.49. The van der Waals surface area contributed by atoms with Crippen LogP contribution in [0, 0.1) is 0 Å². The number of carbonyl (C=O) groups excluding carboxylic acids is 1. The van der Waals surface area contributed by atoms with Gasteiger partial charge in [-0.05, 0) is 13.0 Å². The van der Waals surface area contributed by atoms with Crippen molar-refractivity contribution in [2.75, 3.05) is 32.7 Å². The minimum Gasteiger partial charge on any atom is -0.351 e. The molecule has 1 fully saturated rings. The van der Waals surface area contributed by atoms with Crippen LogP contribution in [0.2, 0.25) is 0 Å². The largest absolute Gasteiger partial charge is 0.351 e. The van der Waals surface area contributed by atoms with Gasteiger partial charge in [0.15, 0.2) is 0 Å². The van der Waals surface area contributed by atoms with Gasteiger partial charge in [-0.1, -0.05) is 0 Å². The van der Waals surface area contributed by atoms with Gasteiger partial charge in [-0.25, -0.2) is 0 Å². The first-order valence-corrected chi connectivity index (χ1v) is 6.44. The highest BCUT2D eigenvalue weighted by Gasteiger charge is 2.14. The molecule has 0 bridgehead atoms. The van der Waals surface area contributed by atoms with E-state index in [4.69, 9.17) is 0 Å². The summed E-state index contributed by atoms with van der Waals surface area (Å²) >= 11 is 0. The number of nitrogens with zero attached hydrogens (tertiary/aromatic N) is 3. The first kappa shape index (κ1) is 13.0. The fraction of sp³-hybridized carbons (Fsp3) is 0.667. The number of nitrogens with one attached hydrogen (secondary N) is 2. The molecule has 1 saturated heterocycles. The first-order chi connectivity index (χ1) is 8.74. The number of carbonyl (C=O) groups is 1. The van der Waals surface area contributed by atoms with E-state index in [1.165, 1.54) is 0 Å². The maximum atomic E-state index is 11.8. The van der Waals surface area contributed by atoms with Crippen molar-refractivity contribution < 1.29 is 4.79 Å². The molecule has 6 heteroatoms. The van der Waals surface area contributed by atoms with Gasteiger partial charge in [0.1, 0.15) is 0 Å². The van der Waals surface area contributed by atoms with Gasteiger partial charge in [0.05, 0.1) is 13.1 Å². The fourth-order valence-corrected chi connectivity index (χ4v) is 2.13. The van der Waals surface area contributed by atoms with Crippen LogP contribution < -0.4 is 10.6 Å². The summed E-state index contributed by atoms with van der Waals surface area (Å²) in [4.78, 5) is 14.0. The summed E-state index contributed by atoms with van der Waals surface area (Å²) in [6.45, 7) is 7.02. The third-order valence-corrected chi connectivity index (χ3v) is 3.00. The van der Waals surface area contributed by atoms with E-state index in [1.54, 1.807) is 6.20 Å². The van der Waals surface area contributed by atoms with E-state index in [0.717, 1.165) is 26.2 Å². The standard InChI is InChI=1S/C12H21N5O/c1-11(9-17-6-2-3-14-17)15-12(18)10-16-7-4-13-5-8-16/h2-3,6,11,13H,4-5,7-10H2,1H3,(H,15,18). The molecule has 1 aliphatic heterocycles. The van der Waals surface area contributed by atoms with E-state index >= 15 is 0 Å². The maximum absolute atomic E-state index is 11.8. The third kappa shape index (κ3) is 4.12. The Labute approximate surface area is 107 Å². The molecule has 1 aliphatic rings. The van der Waals surface area contributed by atoms with Gasteiger partial charge in [-0.2, -0.15) is 5.10 Å². The summed E-state index contributed by atoms with van der Waals surface area (Å²) in [5.74, 6) is 0.0940. The minimum absolute atomic E-state index is 0.0940. The van der Waals surface area contributed by atoms with E-state index < -0.39 is 0 Å². The molecule has 100 valence electrons. The van der Waals surface area contributed by atoms with Crippen molar-refractivity contribution >= 4 is 5.91 Å². The van der Waals surface area contributed by atoms with Crippen LogP contribution >= 0.6 is 0 Å². The van der Waals surface area contributed by atoms with E-state index in [2.05, 4.69) is 20.6 Å². The molecule has 0 radical (unpaired) electrons. The zero-order valence-corrected chi connectivity index (χ0v) is 10.8. The summed E-state index contributed by atoms with van der Waals surface area (Å²) in [5, 5.41) is 10.4. The van der Waals surface area contributed by atoms with Gasteiger partial charge in [0.2, 0.25) is 5.91 Å². The Kier molecular flexibility index (Phi) is 4.72.